The van der Waals surface area contributed by atoms with Crippen LogP contribution in [-0.4, -0.2) is 79.3 Å². The van der Waals surface area contributed by atoms with Crippen LogP contribution in [0.25, 0.3) is 0 Å². The molecular weight excluding hydrogens is 509 g/mol. The van der Waals surface area contributed by atoms with Crippen LogP contribution in [0, 0.1) is 5.82 Å². The van der Waals surface area contributed by atoms with Crippen molar-refractivity contribution in [2.75, 3.05) is 52.8 Å². The van der Waals surface area contributed by atoms with Gasteiger partial charge in [0.1, 0.15) is 17.3 Å². The first-order chi connectivity index (χ1) is 18.2. The van der Waals surface area contributed by atoms with Crippen molar-refractivity contribution in [1.29, 1.82) is 0 Å². The zero-order valence-corrected chi connectivity index (χ0v) is 23.3. The van der Waals surface area contributed by atoms with Gasteiger partial charge >= 0.3 is 6.01 Å². The van der Waals surface area contributed by atoms with Crippen molar-refractivity contribution in [3.8, 4) is 6.01 Å². The molecule has 0 fully saturated rings. The molecule has 204 valence electrons. The number of benzene rings is 1. The normalized spacial score (nSPS) is 18.8. The molecule has 3 heterocycles. The van der Waals surface area contributed by atoms with Gasteiger partial charge in [-0.25, -0.2) is 4.39 Å². The van der Waals surface area contributed by atoms with E-state index in [1.807, 2.05) is 20.0 Å². The number of carbonyl (C=O) groups is 1. The number of nitrogens with two attached hydrogens (primary N) is 1. The number of methoxy groups -OCH3 is 1. The van der Waals surface area contributed by atoms with E-state index in [2.05, 4.69) is 19.8 Å². The molecule has 4 rings (SSSR count). The highest BCUT2D eigenvalue weighted by atomic mass is 35.5. The third kappa shape index (κ3) is 5.47. The molecule has 0 aliphatic carbocycles. The number of hydrogen-bond donors (Lipinski definition) is 1. The van der Waals surface area contributed by atoms with Crippen molar-refractivity contribution in [1.82, 2.24) is 19.8 Å². The molecule has 1 aromatic heterocycles. The molecule has 0 saturated heterocycles. The number of aryl methyl sites for hydroxylation is 1. The van der Waals surface area contributed by atoms with E-state index >= 15 is 4.39 Å². The average molecular weight is 544 g/mol. The molecule has 1 unspecified atom stereocenters. The number of amides is 1. The van der Waals surface area contributed by atoms with E-state index < -0.39 is 0 Å². The number of halogens is 2. The minimum absolute atomic E-state index is 0.0428. The van der Waals surface area contributed by atoms with Gasteiger partial charge in [-0.05, 0) is 31.5 Å². The molecule has 0 spiro atoms. The Labute approximate surface area is 228 Å². The highest BCUT2D eigenvalue weighted by molar-refractivity contribution is 6.45. The van der Waals surface area contributed by atoms with Gasteiger partial charge in [-0.2, -0.15) is 9.97 Å². The molecule has 0 bridgehead atoms. The van der Waals surface area contributed by atoms with E-state index in [0.717, 1.165) is 35.5 Å². The largest absolute Gasteiger partial charge is 0.467 e. The van der Waals surface area contributed by atoms with Crippen LogP contribution in [0.4, 0.5) is 10.2 Å². The third-order valence-electron chi connectivity index (χ3n) is 7.07. The van der Waals surface area contributed by atoms with Gasteiger partial charge in [-0.3, -0.25) is 14.7 Å². The van der Waals surface area contributed by atoms with Gasteiger partial charge in [0.25, 0.3) is 5.91 Å². The monoisotopic (exact) mass is 543 g/mol. The van der Waals surface area contributed by atoms with E-state index in [1.165, 1.54) is 18.1 Å². The Kier molecular flexibility index (Phi) is 8.52. The van der Waals surface area contributed by atoms with Crippen LogP contribution in [0.2, 0.25) is 0 Å². The Hall–Kier alpha value is -3.24. The van der Waals surface area contributed by atoms with Crippen LogP contribution in [0.1, 0.15) is 41.8 Å². The predicted molar refractivity (Wildman–Crippen MR) is 147 cm³/mol. The number of aliphatic imine (C=N–C) groups is 1. The molecule has 1 aromatic carbocycles. The van der Waals surface area contributed by atoms with Crippen LogP contribution in [-0.2, 0) is 24.2 Å². The average Bonchev–Trinajstić information content (AvgIpc) is 3.17. The molecule has 2 aliphatic heterocycles. The number of rotatable bonds is 6. The molecule has 1 atom stereocenters. The summed E-state index contributed by atoms with van der Waals surface area (Å²) in [6, 6.07) is 5.34. The maximum atomic E-state index is 15.1. The van der Waals surface area contributed by atoms with Crippen molar-refractivity contribution in [2.24, 2.45) is 10.7 Å². The van der Waals surface area contributed by atoms with Crippen LogP contribution >= 0.6 is 11.6 Å². The van der Waals surface area contributed by atoms with Crippen LogP contribution in [0.15, 0.2) is 33.9 Å². The fourth-order valence-electron chi connectivity index (χ4n) is 5.06. The number of nitrogens with zero attached hydrogens (tertiary/aromatic N) is 6. The fraction of sp³-hybridized carbons (Fsp3) is 0.481. The lowest BCUT2D eigenvalue weighted by Crippen LogP contribution is -2.37. The molecule has 2 N–H and O–H groups in total. The molecule has 11 heteroatoms. The van der Waals surface area contributed by atoms with Crippen LogP contribution in [0.5, 0.6) is 6.01 Å². The summed E-state index contributed by atoms with van der Waals surface area (Å²) in [6.07, 6.45) is 2.03. The minimum atomic E-state index is -0.373. The topological polar surface area (TPSA) is 100 Å². The molecule has 2 aliphatic rings. The fourth-order valence-corrected chi connectivity index (χ4v) is 5.26. The molecule has 1 amide bonds. The first-order valence-corrected chi connectivity index (χ1v) is 13.1. The van der Waals surface area contributed by atoms with Crippen LogP contribution < -0.4 is 15.4 Å². The molecular formula is C27H35ClFN7O2. The zero-order valence-electron chi connectivity index (χ0n) is 22.6. The summed E-state index contributed by atoms with van der Waals surface area (Å²) in [4.78, 5) is 32.1. The summed E-state index contributed by atoms with van der Waals surface area (Å²) >= 11 is 6.58. The number of aromatic nitrogens is 2. The molecule has 0 radical (unpaired) electrons. The van der Waals surface area contributed by atoms with Gasteiger partial charge in [-0.1, -0.05) is 30.7 Å². The second-order valence-corrected chi connectivity index (χ2v) is 10.2. The maximum Gasteiger partial charge on any atom is 0.318 e. The van der Waals surface area contributed by atoms with Crippen molar-refractivity contribution in [3.05, 3.63) is 57.1 Å². The summed E-state index contributed by atoms with van der Waals surface area (Å²) in [5.41, 5.74) is 10.1. The van der Waals surface area contributed by atoms with Crippen molar-refractivity contribution in [2.45, 2.75) is 38.8 Å². The van der Waals surface area contributed by atoms with E-state index in [4.69, 9.17) is 27.1 Å². The summed E-state index contributed by atoms with van der Waals surface area (Å²) in [6.45, 7) is 4.11. The van der Waals surface area contributed by atoms with Gasteiger partial charge in [-0.15, -0.1) is 0 Å². The Bertz CT molecular complexity index is 1280. The van der Waals surface area contributed by atoms with Gasteiger partial charge < -0.3 is 20.3 Å². The SMILES string of the molecule is CCc1cccc(F)c1C1Cc2nc(OC)nc(N3CCCN=C(/C(Cl)=C(\N)C(=O)N(C)C)C3)c2CN1C. The first kappa shape index (κ1) is 27.8. The third-order valence-corrected chi connectivity index (χ3v) is 7.49. The Balaban J connectivity index is 1.73. The van der Waals surface area contributed by atoms with E-state index in [1.54, 1.807) is 20.2 Å². The van der Waals surface area contributed by atoms with Gasteiger partial charge in [0.2, 0.25) is 0 Å². The van der Waals surface area contributed by atoms with Crippen molar-refractivity contribution in [3.63, 3.8) is 0 Å². The number of likely N-dealkylation sites (N-methyl/N-ethyl adjacent to an activating group) is 2. The number of anilines is 1. The molecule has 2 aromatic rings. The number of hydrogen-bond acceptors (Lipinski definition) is 8. The second kappa shape index (κ2) is 11.7. The first-order valence-electron chi connectivity index (χ1n) is 12.7. The Morgan fingerprint density at radius 3 is 2.74 bits per heavy atom. The van der Waals surface area contributed by atoms with Crippen molar-refractivity contribution < 1.29 is 13.9 Å². The predicted octanol–water partition coefficient (Wildman–Crippen LogP) is 3.06. The zero-order chi connectivity index (χ0) is 27.6. The smallest absolute Gasteiger partial charge is 0.318 e. The van der Waals surface area contributed by atoms with E-state index in [0.29, 0.717) is 43.9 Å². The molecule has 0 saturated carbocycles. The summed E-state index contributed by atoms with van der Waals surface area (Å²) in [7, 11) is 6.77. The summed E-state index contributed by atoms with van der Waals surface area (Å²) in [5.74, 6) is 0.144. The molecule has 38 heavy (non-hydrogen) atoms. The van der Waals surface area contributed by atoms with Crippen molar-refractivity contribution >= 4 is 29.0 Å². The van der Waals surface area contributed by atoms with Gasteiger partial charge in [0, 0.05) is 57.3 Å². The van der Waals surface area contributed by atoms with Crippen LogP contribution in [0.3, 0.4) is 0 Å². The van der Waals surface area contributed by atoms with Gasteiger partial charge in [0.05, 0.1) is 30.1 Å². The van der Waals surface area contributed by atoms with E-state index in [-0.39, 0.29) is 34.5 Å². The lowest BCUT2D eigenvalue weighted by atomic mass is 9.89. The lowest BCUT2D eigenvalue weighted by Gasteiger charge is -2.37. The summed E-state index contributed by atoms with van der Waals surface area (Å²) < 4.78 is 20.5. The summed E-state index contributed by atoms with van der Waals surface area (Å²) in [5, 5.41) is 0.148. The second-order valence-electron chi connectivity index (χ2n) is 9.79. The number of carbonyl (C=O) groups excluding carboxylic acids is 1. The standard InChI is InChI=1S/C27H35ClFN7O2/c1-6-16-9-7-10-18(29)22(16)21-13-19-17(14-35(21)4)25(33-27(32-19)38-5)36-12-8-11-31-20(15-36)23(28)24(30)26(37)34(2)3/h7,9-10,21H,6,8,11-15,30H2,1-5H3/b24-23+. The highest BCUT2D eigenvalue weighted by Crippen LogP contribution is 2.38. The highest BCUT2D eigenvalue weighted by Gasteiger charge is 2.33. The maximum absolute atomic E-state index is 15.1. The lowest BCUT2D eigenvalue weighted by molar-refractivity contribution is -0.124. The van der Waals surface area contributed by atoms with Gasteiger partial charge in [0.15, 0.2) is 0 Å². The van der Waals surface area contributed by atoms with E-state index in [9.17, 15) is 4.79 Å². The Morgan fingerprint density at radius 1 is 1.29 bits per heavy atom. The number of fused-ring (bicyclic) bond motifs is 1. The quantitative estimate of drug-likeness (QED) is 0.559. The molecule has 9 nitrogen and oxygen atoms in total. The minimum Gasteiger partial charge on any atom is -0.467 e. The Morgan fingerprint density at radius 2 is 2.05 bits per heavy atom. The number of ether oxygens (including phenoxy) is 1.